The zero-order valence-corrected chi connectivity index (χ0v) is 13.2. The average Bonchev–Trinajstić information content (AvgIpc) is 2.86. The second-order valence-electron chi connectivity index (χ2n) is 7.88. The van der Waals surface area contributed by atoms with E-state index in [0.29, 0.717) is 24.3 Å². The van der Waals surface area contributed by atoms with Crippen molar-refractivity contribution in [2.75, 3.05) is 0 Å². The van der Waals surface area contributed by atoms with Crippen molar-refractivity contribution in [3.63, 3.8) is 0 Å². The van der Waals surface area contributed by atoms with E-state index < -0.39 is 0 Å². The van der Waals surface area contributed by atoms with Crippen LogP contribution >= 0.6 is 0 Å². The van der Waals surface area contributed by atoms with Crippen LogP contribution in [0.25, 0.3) is 0 Å². The first-order valence-electron chi connectivity index (χ1n) is 8.67. The van der Waals surface area contributed by atoms with Gasteiger partial charge in [-0.15, -0.1) is 0 Å². The fourth-order valence-corrected chi connectivity index (χ4v) is 5.65. The van der Waals surface area contributed by atoms with Crippen LogP contribution in [0.4, 0.5) is 0 Å². The summed E-state index contributed by atoms with van der Waals surface area (Å²) < 4.78 is 0. The molecule has 4 fully saturated rings. The van der Waals surface area contributed by atoms with Gasteiger partial charge in [0.05, 0.1) is 0 Å². The molecule has 1 aliphatic heterocycles. The Hall–Kier alpha value is -1.06. The highest BCUT2D eigenvalue weighted by atomic mass is 16.2. The van der Waals surface area contributed by atoms with E-state index in [1.54, 1.807) is 0 Å². The van der Waals surface area contributed by atoms with Gasteiger partial charge in [0.1, 0.15) is 12.1 Å². The van der Waals surface area contributed by atoms with Gasteiger partial charge in [-0.1, -0.05) is 20.8 Å². The number of piperazine rings is 1. The number of nitrogens with one attached hydrogen (secondary N) is 1. The highest BCUT2D eigenvalue weighted by Gasteiger charge is 2.69. The van der Waals surface area contributed by atoms with Crippen LogP contribution in [0.5, 0.6) is 0 Å². The number of fused-ring (bicyclic) bond motifs is 5. The van der Waals surface area contributed by atoms with Crippen LogP contribution in [0.3, 0.4) is 0 Å². The molecule has 4 rings (SSSR count). The quantitative estimate of drug-likeness (QED) is 0.861. The predicted octanol–water partition coefficient (Wildman–Crippen LogP) is 1.79. The van der Waals surface area contributed by atoms with Crippen molar-refractivity contribution in [3.8, 4) is 0 Å². The van der Waals surface area contributed by atoms with Gasteiger partial charge in [0.25, 0.3) is 0 Å². The lowest BCUT2D eigenvalue weighted by Crippen LogP contribution is -2.65. The fourth-order valence-electron chi connectivity index (χ4n) is 5.65. The lowest BCUT2D eigenvalue weighted by Gasteiger charge is -2.42. The third kappa shape index (κ3) is 1.74. The van der Waals surface area contributed by atoms with E-state index in [0.717, 1.165) is 11.8 Å². The Labute approximate surface area is 126 Å². The summed E-state index contributed by atoms with van der Waals surface area (Å²) in [6.45, 7) is 6.10. The maximum absolute atomic E-state index is 12.9. The smallest absolute Gasteiger partial charge is 0.246 e. The first kappa shape index (κ1) is 13.6. The number of hydrogen-bond acceptors (Lipinski definition) is 2. The van der Waals surface area contributed by atoms with Crippen LogP contribution in [-0.4, -0.2) is 34.8 Å². The maximum Gasteiger partial charge on any atom is 0.246 e. The Morgan fingerprint density at radius 3 is 2.33 bits per heavy atom. The summed E-state index contributed by atoms with van der Waals surface area (Å²) in [6, 6.07) is -0.182. The molecule has 6 atom stereocenters. The average molecular weight is 290 g/mol. The SMILES string of the molecule is CCC1NC(=O)C(C(C)C)N(C2C3C4CCC(C4)C32)C1=O. The summed E-state index contributed by atoms with van der Waals surface area (Å²) >= 11 is 0. The molecule has 3 aliphatic carbocycles. The van der Waals surface area contributed by atoms with Gasteiger partial charge in [0, 0.05) is 6.04 Å². The lowest BCUT2D eigenvalue weighted by molar-refractivity contribution is -0.152. The predicted molar refractivity (Wildman–Crippen MR) is 79.3 cm³/mol. The molecular formula is C17H26N2O2. The molecule has 0 aromatic rings. The Bertz CT molecular complexity index is 473. The van der Waals surface area contributed by atoms with Crippen molar-refractivity contribution >= 4 is 11.8 Å². The molecule has 21 heavy (non-hydrogen) atoms. The van der Waals surface area contributed by atoms with E-state index in [2.05, 4.69) is 19.2 Å². The molecule has 4 aliphatic rings. The molecule has 2 amide bonds. The zero-order valence-electron chi connectivity index (χ0n) is 13.2. The molecule has 1 N–H and O–H groups in total. The van der Waals surface area contributed by atoms with Crippen molar-refractivity contribution in [1.29, 1.82) is 0 Å². The van der Waals surface area contributed by atoms with Gasteiger partial charge in [0.2, 0.25) is 11.8 Å². The third-order valence-electron chi connectivity index (χ3n) is 6.49. The topological polar surface area (TPSA) is 49.4 Å². The molecular weight excluding hydrogens is 264 g/mol. The molecule has 0 aromatic heterocycles. The van der Waals surface area contributed by atoms with E-state index in [1.807, 2.05) is 11.8 Å². The monoisotopic (exact) mass is 290 g/mol. The lowest BCUT2D eigenvalue weighted by atomic mass is 9.94. The molecule has 1 saturated heterocycles. The minimum Gasteiger partial charge on any atom is -0.343 e. The van der Waals surface area contributed by atoms with Crippen LogP contribution in [0.1, 0.15) is 46.5 Å². The summed E-state index contributed by atoms with van der Waals surface area (Å²) in [7, 11) is 0. The molecule has 116 valence electrons. The minimum atomic E-state index is -0.300. The fraction of sp³-hybridized carbons (Fsp3) is 0.882. The molecule has 1 heterocycles. The van der Waals surface area contributed by atoms with Crippen LogP contribution < -0.4 is 5.32 Å². The largest absolute Gasteiger partial charge is 0.343 e. The second-order valence-corrected chi connectivity index (χ2v) is 7.88. The van der Waals surface area contributed by atoms with Crippen molar-refractivity contribution in [2.24, 2.45) is 29.6 Å². The molecule has 4 nitrogen and oxygen atoms in total. The van der Waals surface area contributed by atoms with Gasteiger partial charge in [-0.3, -0.25) is 9.59 Å². The van der Waals surface area contributed by atoms with Crippen LogP contribution in [0.15, 0.2) is 0 Å². The molecule has 4 heteroatoms. The maximum atomic E-state index is 12.9. The third-order valence-corrected chi connectivity index (χ3v) is 6.49. The standard InChI is InChI=1S/C17H26N2O2/c1-4-11-17(21)19(14(8(2)3)16(20)18-11)15-12-9-5-6-10(7-9)13(12)15/h8-15H,4-7H2,1-3H3,(H,18,20). The molecule has 6 unspecified atom stereocenters. The van der Waals surface area contributed by atoms with E-state index in [4.69, 9.17) is 0 Å². The number of amides is 2. The molecule has 2 bridgehead atoms. The van der Waals surface area contributed by atoms with Crippen LogP contribution in [-0.2, 0) is 9.59 Å². The van der Waals surface area contributed by atoms with E-state index in [9.17, 15) is 9.59 Å². The Kier molecular flexibility index (Phi) is 2.89. The molecule has 3 saturated carbocycles. The molecule has 0 aromatic carbocycles. The Balaban J connectivity index is 1.64. The summed E-state index contributed by atoms with van der Waals surface area (Å²) in [4.78, 5) is 27.4. The number of nitrogens with zero attached hydrogens (tertiary/aromatic N) is 1. The number of rotatable bonds is 3. The van der Waals surface area contributed by atoms with Crippen molar-refractivity contribution in [1.82, 2.24) is 10.2 Å². The van der Waals surface area contributed by atoms with Gasteiger partial charge in [-0.2, -0.15) is 0 Å². The van der Waals surface area contributed by atoms with Crippen LogP contribution in [0.2, 0.25) is 0 Å². The Morgan fingerprint density at radius 1 is 1.19 bits per heavy atom. The van der Waals surface area contributed by atoms with Gasteiger partial charge >= 0.3 is 0 Å². The van der Waals surface area contributed by atoms with E-state index >= 15 is 0 Å². The zero-order chi connectivity index (χ0) is 14.9. The van der Waals surface area contributed by atoms with Gasteiger partial charge in [0.15, 0.2) is 0 Å². The van der Waals surface area contributed by atoms with E-state index in [1.165, 1.54) is 19.3 Å². The normalized spacial score (nSPS) is 47.8. The first-order valence-corrected chi connectivity index (χ1v) is 8.67. The first-order chi connectivity index (χ1) is 10.0. The summed E-state index contributed by atoms with van der Waals surface area (Å²) in [5.74, 6) is 3.50. The summed E-state index contributed by atoms with van der Waals surface area (Å²) in [6.07, 6.45) is 4.77. The molecule has 0 spiro atoms. The van der Waals surface area contributed by atoms with Crippen molar-refractivity contribution in [2.45, 2.75) is 64.6 Å². The molecule has 0 radical (unpaired) electrons. The second kappa shape index (κ2) is 4.47. The summed E-state index contributed by atoms with van der Waals surface area (Å²) in [5.41, 5.74) is 0. The number of carbonyl (C=O) groups excluding carboxylic acids is 2. The number of carbonyl (C=O) groups is 2. The van der Waals surface area contributed by atoms with Gasteiger partial charge in [-0.25, -0.2) is 0 Å². The highest BCUT2D eigenvalue weighted by Crippen LogP contribution is 2.67. The van der Waals surface area contributed by atoms with Crippen molar-refractivity contribution < 1.29 is 9.59 Å². The number of hydrogen-bond donors (Lipinski definition) is 1. The van der Waals surface area contributed by atoms with Crippen molar-refractivity contribution in [3.05, 3.63) is 0 Å². The van der Waals surface area contributed by atoms with E-state index in [-0.39, 0.29) is 29.8 Å². The van der Waals surface area contributed by atoms with Gasteiger partial charge < -0.3 is 10.2 Å². The highest BCUT2D eigenvalue weighted by molar-refractivity contribution is 5.97. The Morgan fingerprint density at radius 2 is 1.81 bits per heavy atom. The van der Waals surface area contributed by atoms with Crippen LogP contribution in [0, 0.1) is 29.6 Å². The minimum absolute atomic E-state index is 0.0637. The van der Waals surface area contributed by atoms with Gasteiger partial charge in [-0.05, 0) is 55.3 Å². The summed E-state index contributed by atoms with van der Waals surface area (Å²) in [5, 5.41) is 2.93.